The van der Waals surface area contributed by atoms with Crippen molar-refractivity contribution in [3.8, 4) is 11.5 Å². The molecule has 1 N–H and O–H groups in total. The second-order valence-electron chi connectivity index (χ2n) is 8.13. The Morgan fingerprint density at radius 1 is 1.18 bits per heavy atom. The molecule has 1 aliphatic rings. The summed E-state index contributed by atoms with van der Waals surface area (Å²) in [5.41, 5.74) is 2.08. The highest BCUT2D eigenvalue weighted by Crippen LogP contribution is 2.31. The van der Waals surface area contributed by atoms with Gasteiger partial charge in [-0.15, -0.1) is 0 Å². The van der Waals surface area contributed by atoms with Crippen molar-refractivity contribution in [1.29, 1.82) is 0 Å². The van der Waals surface area contributed by atoms with E-state index in [1.165, 1.54) is 28.0 Å². The molecular weight excluding hydrogens is 452 g/mol. The first-order valence-corrected chi connectivity index (χ1v) is 11.9. The maximum absolute atomic E-state index is 13.5. The van der Waals surface area contributed by atoms with Gasteiger partial charge in [-0.05, 0) is 69.2 Å². The highest BCUT2D eigenvalue weighted by atomic mass is 32.1. The van der Waals surface area contributed by atoms with Crippen LogP contribution in [-0.2, 0) is 9.53 Å². The topological polar surface area (TPSA) is 90.1 Å². The summed E-state index contributed by atoms with van der Waals surface area (Å²) in [5.74, 6) is 0.340. The van der Waals surface area contributed by atoms with Gasteiger partial charge in [-0.25, -0.2) is 9.79 Å². The molecule has 0 saturated carbocycles. The van der Waals surface area contributed by atoms with Crippen molar-refractivity contribution in [2.24, 2.45) is 4.99 Å². The van der Waals surface area contributed by atoms with E-state index in [-0.39, 0.29) is 24.0 Å². The molecule has 8 heteroatoms. The molecule has 0 spiro atoms. The Balaban J connectivity index is 1.85. The van der Waals surface area contributed by atoms with Crippen LogP contribution < -0.4 is 19.6 Å². The number of phenolic OH excluding ortho intramolecular Hbond substituents is 1. The molecule has 0 fully saturated rings. The van der Waals surface area contributed by atoms with E-state index >= 15 is 0 Å². The molecular formula is C26H26N2O5S. The van der Waals surface area contributed by atoms with Gasteiger partial charge >= 0.3 is 5.97 Å². The van der Waals surface area contributed by atoms with Crippen LogP contribution in [-0.4, -0.2) is 28.4 Å². The lowest BCUT2D eigenvalue weighted by Crippen LogP contribution is -2.39. The largest absolute Gasteiger partial charge is 0.508 e. The van der Waals surface area contributed by atoms with Gasteiger partial charge in [-0.2, -0.15) is 0 Å². The number of aromatic hydroxyl groups is 1. The standard InChI is InChI=1S/C26H26N2O5S/c1-5-32-25(31)22-16(4)27-26-28(23(22)18-8-10-19(29)11-9-18)24(30)21(34-26)14-17-6-12-20(13-7-17)33-15(2)3/h6-15,23,29H,5H2,1-4H3/b21-14+/t23-/m1/s1. The van der Waals surface area contributed by atoms with E-state index in [4.69, 9.17) is 9.47 Å². The minimum absolute atomic E-state index is 0.0753. The first kappa shape index (κ1) is 23.5. The Labute approximate surface area is 200 Å². The number of esters is 1. The summed E-state index contributed by atoms with van der Waals surface area (Å²) in [5, 5.41) is 9.75. The van der Waals surface area contributed by atoms with Crippen LogP contribution in [0.4, 0.5) is 0 Å². The minimum Gasteiger partial charge on any atom is -0.508 e. The summed E-state index contributed by atoms with van der Waals surface area (Å²) in [6.45, 7) is 7.61. The van der Waals surface area contributed by atoms with Crippen LogP contribution in [0.5, 0.6) is 11.5 Å². The van der Waals surface area contributed by atoms with Gasteiger partial charge in [0, 0.05) is 0 Å². The number of carbonyl (C=O) groups is 1. The molecule has 7 nitrogen and oxygen atoms in total. The Morgan fingerprint density at radius 3 is 2.47 bits per heavy atom. The minimum atomic E-state index is -0.708. The normalized spacial score (nSPS) is 15.8. The van der Waals surface area contributed by atoms with Gasteiger partial charge in [0.25, 0.3) is 5.56 Å². The molecule has 0 bridgehead atoms. The Bertz CT molecular complexity index is 1410. The first-order valence-electron chi connectivity index (χ1n) is 11.0. The van der Waals surface area contributed by atoms with E-state index < -0.39 is 12.0 Å². The number of rotatable bonds is 6. The summed E-state index contributed by atoms with van der Waals surface area (Å²) in [6.07, 6.45) is 1.88. The number of thiazole rings is 1. The third-order valence-electron chi connectivity index (χ3n) is 5.28. The monoisotopic (exact) mass is 478 g/mol. The fourth-order valence-electron chi connectivity index (χ4n) is 3.83. The number of hydrogen-bond donors (Lipinski definition) is 1. The summed E-state index contributed by atoms with van der Waals surface area (Å²) in [6, 6.07) is 13.3. The smallest absolute Gasteiger partial charge is 0.338 e. The number of phenols is 1. The van der Waals surface area contributed by atoms with Gasteiger partial charge in [0.2, 0.25) is 0 Å². The van der Waals surface area contributed by atoms with Crippen LogP contribution in [0.25, 0.3) is 6.08 Å². The van der Waals surface area contributed by atoms with Crippen molar-refractivity contribution >= 4 is 23.4 Å². The average molecular weight is 479 g/mol. The van der Waals surface area contributed by atoms with E-state index in [1.807, 2.05) is 38.1 Å². The molecule has 4 rings (SSSR count). The molecule has 176 valence electrons. The van der Waals surface area contributed by atoms with Crippen LogP contribution in [0, 0.1) is 0 Å². The van der Waals surface area contributed by atoms with Gasteiger partial charge in [-0.1, -0.05) is 35.6 Å². The fraction of sp³-hybridized carbons (Fsp3) is 0.269. The molecule has 0 radical (unpaired) electrons. The number of nitrogens with zero attached hydrogens (tertiary/aromatic N) is 2. The number of carbonyl (C=O) groups excluding carboxylic acids is 1. The van der Waals surface area contributed by atoms with Crippen molar-refractivity contribution in [2.45, 2.75) is 39.8 Å². The molecule has 3 aromatic rings. The number of fused-ring (bicyclic) bond motifs is 1. The van der Waals surface area contributed by atoms with E-state index in [9.17, 15) is 14.7 Å². The number of hydrogen-bond acceptors (Lipinski definition) is 7. The molecule has 0 unspecified atom stereocenters. The Kier molecular flexibility index (Phi) is 6.70. The number of benzene rings is 2. The van der Waals surface area contributed by atoms with Crippen LogP contribution in [0.2, 0.25) is 0 Å². The molecule has 34 heavy (non-hydrogen) atoms. The quantitative estimate of drug-likeness (QED) is 0.549. The van der Waals surface area contributed by atoms with Gasteiger partial charge in [0.05, 0.1) is 34.6 Å². The highest BCUT2D eigenvalue weighted by molar-refractivity contribution is 7.07. The molecule has 1 atom stereocenters. The molecule has 0 amide bonds. The summed E-state index contributed by atoms with van der Waals surface area (Å²) < 4.78 is 13.0. The average Bonchev–Trinajstić information content (AvgIpc) is 3.09. The maximum Gasteiger partial charge on any atom is 0.338 e. The van der Waals surface area contributed by atoms with Crippen molar-refractivity contribution in [2.75, 3.05) is 6.61 Å². The highest BCUT2D eigenvalue weighted by Gasteiger charge is 2.33. The van der Waals surface area contributed by atoms with Crippen LogP contribution in [0.1, 0.15) is 44.9 Å². The van der Waals surface area contributed by atoms with Gasteiger partial charge in [-0.3, -0.25) is 9.36 Å². The molecule has 1 aliphatic heterocycles. The fourth-order valence-corrected chi connectivity index (χ4v) is 4.88. The van der Waals surface area contributed by atoms with Crippen molar-refractivity contribution in [3.63, 3.8) is 0 Å². The number of aromatic nitrogens is 1. The third-order valence-corrected chi connectivity index (χ3v) is 6.26. The van der Waals surface area contributed by atoms with E-state index in [0.29, 0.717) is 26.2 Å². The van der Waals surface area contributed by atoms with Crippen LogP contribution in [0.15, 0.2) is 69.6 Å². The summed E-state index contributed by atoms with van der Waals surface area (Å²) >= 11 is 1.27. The molecule has 0 saturated heterocycles. The van der Waals surface area contributed by atoms with Crippen molar-refractivity contribution in [1.82, 2.24) is 4.57 Å². The van der Waals surface area contributed by atoms with Crippen molar-refractivity contribution < 1.29 is 19.4 Å². The van der Waals surface area contributed by atoms with Crippen molar-refractivity contribution in [3.05, 3.63) is 90.6 Å². The Morgan fingerprint density at radius 2 is 1.85 bits per heavy atom. The molecule has 2 heterocycles. The number of ether oxygens (including phenoxy) is 2. The summed E-state index contributed by atoms with van der Waals surface area (Å²) in [4.78, 5) is 31.5. The predicted octanol–water partition coefficient (Wildman–Crippen LogP) is 3.29. The number of allylic oxidation sites excluding steroid dienone is 1. The second-order valence-corrected chi connectivity index (χ2v) is 9.14. The third kappa shape index (κ3) is 4.68. The lowest BCUT2D eigenvalue weighted by Gasteiger charge is -2.24. The maximum atomic E-state index is 13.5. The first-order chi connectivity index (χ1) is 16.3. The van der Waals surface area contributed by atoms with Gasteiger partial charge in [0.1, 0.15) is 11.5 Å². The lowest BCUT2D eigenvalue weighted by atomic mass is 9.96. The second kappa shape index (κ2) is 9.69. The zero-order chi connectivity index (χ0) is 24.4. The van der Waals surface area contributed by atoms with Crippen LogP contribution >= 0.6 is 11.3 Å². The molecule has 0 aliphatic carbocycles. The van der Waals surface area contributed by atoms with Crippen LogP contribution in [0.3, 0.4) is 0 Å². The van der Waals surface area contributed by atoms with E-state index in [2.05, 4.69) is 4.99 Å². The molecule has 1 aromatic heterocycles. The molecule has 2 aromatic carbocycles. The van der Waals surface area contributed by atoms with E-state index in [0.717, 1.165) is 11.3 Å². The zero-order valence-corrected chi connectivity index (χ0v) is 20.3. The SMILES string of the molecule is CCOC(=O)C1=C(C)N=c2s/c(=C/c3ccc(OC(C)C)cc3)c(=O)n2[C@@H]1c1ccc(O)cc1. The summed E-state index contributed by atoms with van der Waals surface area (Å²) in [7, 11) is 0. The Hall–Kier alpha value is -3.65. The van der Waals surface area contributed by atoms with Gasteiger partial charge < -0.3 is 14.6 Å². The zero-order valence-electron chi connectivity index (χ0n) is 19.4. The van der Waals surface area contributed by atoms with E-state index in [1.54, 1.807) is 32.1 Å². The predicted molar refractivity (Wildman–Crippen MR) is 131 cm³/mol. The lowest BCUT2D eigenvalue weighted by molar-refractivity contribution is -0.139. The van der Waals surface area contributed by atoms with Gasteiger partial charge in [0.15, 0.2) is 4.80 Å².